The van der Waals surface area contributed by atoms with E-state index < -0.39 is 28.5 Å². The van der Waals surface area contributed by atoms with Gasteiger partial charge >= 0.3 is 0 Å². The zero-order chi connectivity index (χ0) is 32.4. The van der Waals surface area contributed by atoms with Crippen molar-refractivity contribution in [1.82, 2.24) is 10.2 Å². The van der Waals surface area contributed by atoms with E-state index in [9.17, 15) is 18.0 Å². The molecule has 0 aliphatic heterocycles. The molecule has 12 heteroatoms. The van der Waals surface area contributed by atoms with Crippen molar-refractivity contribution in [3.63, 3.8) is 0 Å². The van der Waals surface area contributed by atoms with Crippen LogP contribution in [-0.4, -0.2) is 56.6 Å². The highest BCUT2D eigenvalue weighted by Gasteiger charge is 2.34. The van der Waals surface area contributed by atoms with Crippen molar-refractivity contribution in [2.75, 3.05) is 23.7 Å². The first-order chi connectivity index (χ1) is 21.0. The van der Waals surface area contributed by atoms with Gasteiger partial charge in [-0.25, -0.2) is 8.42 Å². The van der Waals surface area contributed by atoms with Crippen LogP contribution in [0, 0.1) is 0 Å². The van der Waals surface area contributed by atoms with Crippen molar-refractivity contribution < 1.29 is 22.7 Å². The third-order valence-corrected chi connectivity index (χ3v) is 10.4. The lowest BCUT2D eigenvalue weighted by molar-refractivity contribution is -0.140. The van der Waals surface area contributed by atoms with Gasteiger partial charge in [-0.2, -0.15) is 0 Å². The minimum Gasteiger partial charge on any atom is -0.494 e. The van der Waals surface area contributed by atoms with Crippen LogP contribution in [0.25, 0.3) is 0 Å². The van der Waals surface area contributed by atoms with E-state index in [1.165, 1.54) is 28.8 Å². The number of carbonyl (C=O) groups excluding carboxylic acids is 2. The Morgan fingerprint density at radius 2 is 1.55 bits per heavy atom. The SMILES string of the molecule is CCOc1ccc(N(CC(=O)N(Cc2c(Cl)cccc2Cl)C(CC)C(=O)NC(C)CC)S(=O)(=O)c2ccc(SC)cc2)cc1. The minimum atomic E-state index is -4.21. The fourth-order valence-electron chi connectivity index (χ4n) is 4.49. The van der Waals surface area contributed by atoms with E-state index in [-0.39, 0.29) is 35.5 Å². The number of carbonyl (C=O) groups is 2. The predicted molar refractivity (Wildman–Crippen MR) is 179 cm³/mol. The monoisotopic (exact) mass is 679 g/mol. The normalized spacial score (nSPS) is 12.7. The summed E-state index contributed by atoms with van der Waals surface area (Å²) < 4.78 is 34.8. The maximum atomic E-state index is 14.3. The molecule has 0 saturated carbocycles. The van der Waals surface area contributed by atoms with Crippen molar-refractivity contribution >= 4 is 62.5 Å². The topological polar surface area (TPSA) is 96.0 Å². The number of sulfonamides is 1. The summed E-state index contributed by atoms with van der Waals surface area (Å²) in [6, 6.07) is 16.9. The highest BCUT2D eigenvalue weighted by atomic mass is 35.5. The van der Waals surface area contributed by atoms with Crippen molar-refractivity contribution in [2.24, 2.45) is 0 Å². The first-order valence-corrected chi connectivity index (χ1v) is 17.8. The van der Waals surface area contributed by atoms with Crippen LogP contribution in [-0.2, 0) is 26.2 Å². The molecule has 2 unspecified atom stereocenters. The zero-order valence-corrected chi connectivity index (χ0v) is 28.7. The van der Waals surface area contributed by atoms with Gasteiger partial charge < -0.3 is 15.0 Å². The Morgan fingerprint density at radius 1 is 0.932 bits per heavy atom. The molecule has 44 heavy (non-hydrogen) atoms. The van der Waals surface area contributed by atoms with E-state index in [2.05, 4.69) is 5.32 Å². The molecule has 0 radical (unpaired) electrons. The number of nitrogens with one attached hydrogen (secondary N) is 1. The van der Waals surface area contributed by atoms with Crippen LogP contribution in [0.5, 0.6) is 5.75 Å². The molecule has 0 fully saturated rings. The molecular weight excluding hydrogens is 641 g/mol. The number of ether oxygens (including phenoxy) is 1. The summed E-state index contributed by atoms with van der Waals surface area (Å²) in [4.78, 5) is 30.0. The molecule has 0 heterocycles. The standard InChI is InChI=1S/C32H39Cl2N3O5S2/c1-6-22(4)35-32(39)30(7-2)36(20-27-28(33)10-9-11-29(27)34)31(38)21-37(23-12-14-24(15-13-23)42-8-3)44(40,41)26-18-16-25(43-5)17-19-26/h9-19,22,30H,6-8,20-21H2,1-5H3,(H,35,39). The summed E-state index contributed by atoms with van der Waals surface area (Å²) in [5.41, 5.74) is 0.727. The number of thioether (sulfide) groups is 1. The van der Waals surface area contributed by atoms with E-state index in [0.29, 0.717) is 34.4 Å². The second-order valence-electron chi connectivity index (χ2n) is 10.1. The van der Waals surface area contributed by atoms with Crippen molar-refractivity contribution in [1.29, 1.82) is 0 Å². The lowest BCUT2D eigenvalue weighted by atomic mass is 10.1. The number of anilines is 1. The fourth-order valence-corrected chi connectivity index (χ4v) is 6.83. The molecule has 3 rings (SSSR count). The minimum absolute atomic E-state index is 0.0271. The Bertz CT molecular complexity index is 1500. The smallest absolute Gasteiger partial charge is 0.264 e. The van der Waals surface area contributed by atoms with Gasteiger partial charge in [0.15, 0.2) is 0 Å². The fraction of sp³-hybridized carbons (Fsp3) is 0.375. The molecule has 0 aromatic heterocycles. The van der Waals surface area contributed by atoms with Gasteiger partial charge in [0.1, 0.15) is 18.3 Å². The first kappa shape index (κ1) is 35.6. The largest absolute Gasteiger partial charge is 0.494 e. The lowest BCUT2D eigenvalue weighted by Crippen LogP contribution is -2.53. The summed E-state index contributed by atoms with van der Waals surface area (Å²) in [7, 11) is -4.21. The van der Waals surface area contributed by atoms with Gasteiger partial charge in [0, 0.05) is 33.1 Å². The Morgan fingerprint density at radius 3 is 2.07 bits per heavy atom. The van der Waals surface area contributed by atoms with Crippen LogP contribution in [0.2, 0.25) is 10.0 Å². The molecule has 0 aliphatic carbocycles. The summed E-state index contributed by atoms with van der Waals surface area (Å²) in [5.74, 6) is -0.376. The number of rotatable bonds is 15. The molecule has 8 nitrogen and oxygen atoms in total. The average Bonchev–Trinajstić information content (AvgIpc) is 3.01. The molecule has 0 spiro atoms. The molecule has 0 bridgehead atoms. The predicted octanol–water partition coefficient (Wildman–Crippen LogP) is 7.03. The van der Waals surface area contributed by atoms with E-state index >= 15 is 0 Å². The van der Waals surface area contributed by atoms with Gasteiger partial charge in [0.2, 0.25) is 11.8 Å². The van der Waals surface area contributed by atoms with Gasteiger partial charge in [-0.15, -0.1) is 11.8 Å². The molecule has 2 atom stereocenters. The van der Waals surface area contributed by atoms with Gasteiger partial charge in [-0.1, -0.05) is 43.1 Å². The molecule has 0 saturated heterocycles. The second-order valence-corrected chi connectivity index (χ2v) is 13.6. The van der Waals surface area contributed by atoms with E-state index in [0.717, 1.165) is 9.20 Å². The Kier molecular flexibility index (Phi) is 13.3. The van der Waals surface area contributed by atoms with Crippen LogP contribution < -0.4 is 14.4 Å². The highest BCUT2D eigenvalue weighted by molar-refractivity contribution is 7.98. The number of hydrogen-bond acceptors (Lipinski definition) is 6. The Balaban J connectivity index is 2.11. The third kappa shape index (κ3) is 8.84. The summed E-state index contributed by atoms with van der Waals surface area (Å²) in [6.07, 6.45) is 2.88. The van der Waals surface area contributed by atoms with Crippen LogP contribution in [0.3, 0.4) is 0 Å². The van der Waals surface area contributed by atoms with Crippen molar-refractivity contribution in [2.45, 2.75) is 69.0 Å². The van der Waals surface area contributed by atoms with Crippen LogP contribution in [0.4, 0.5) is 5.69 Å². The highest BCUT2D eigenvalue weighted by Crippen LogP contribution is 2.30. The molecule has 238 valence electrons. The maximum absolute atomic E-state index is 14.3. The van der Waals surface area contributed by atoms with Crippen molar-refractivity contribution in [3.05, 3.63) is 82.3 Å². The molecule has 2 amide bonds. The quantitative estimate of drug-likeness (QED) is 0.173. The van der Waals surface area contributed by atoms with Gasteiger partial charge in [0.05, 0.1) is 17.2 Å². The zero-order valence-electron chi connectivity index (χ0n) is 25.5. The van der Waals surface area contributed by atoms with Gasteiger partial charge in [-0.3, -0.25) is 13.9 Å². The summed E-state index contributed by atoms with van der Waals surface area (Å²) in [6.45, 7) is 7.25. The van der Waals surface area contributed by atoms with Gasteiger partial charge in [-0.05, 0) is 93.6 Å². The maximum Gasteiger partial charge on any atom is 0.264 e. The third-order valence-electron chi connectivity index (χ3n) is 7.14. The van der Waals surface area contributed by atoms with E-state index in [4.69, 9.17) is 27.9 Å². The lowest BCUT2D eigenvalue weighted by Gasteiger charge is -2.34. The average molecular weight is 681 g/mol. The van der Waals surface area contributed by atoms with Crippen LogP contribution in [0.1, 0.15) is 46.1 Å². The van der Waals surface area contributed by atoms with Crippen LogP contribution >= 0.6 is 35.0 Å². The van der Waals surface area contributed by atoms with Crippen molar-refractivity contribution in [3.8, 4) is 5.75 Å². The van der Waals surface area contributed by atoms with E-state index in [1.807, 2.05) is 27.0 Å². The number of hydrogen-bond donors (Lipinski definition) is 1. The summed E-state index contributed by atoms with van der Waals surface area (Å²) in [5, 5.41) is 3.62. The molecule has 3 aromatic carbocycles. The number of benzene rings is 3. The number of amides is 2. The van der Waals surface area contributed by atoms with Gasteiger partial charge in [0.25, 0.3) is 10.0 Å². The number of halogens is 2. The van der Waals surface area contributed by atoms with Crippen LogP contribution in [0.15, 0.2) is 76.5 Å². The molecule has 0 aliphatic rings. The second kappa shape index (κ2) is 16.4. The summed E-state index contributed by atoms with van der Waals surface area (Å²) >= 11 is 14.5. The molecule has 3 aromatic rings. The molecular formula is C32H39Cl2N3O5S2. The first-order valence-electron chi connectivity index (χ1n) is 14.4. The number of nitrogens with zero attached hydrogens (tertiary/aromatic N) is 2. The molecule has 1 N–H and O–H groups in total. The Labute approximate surface area is 275 Å². The Hall–Kier alpha value is -2.92. The van der Waals surface area contributed by atoms with E-state index in [1.54, 1.807) is 61.5 Å².